The SMILES string of the molecule is O=C(O)CCc1nc(-c2ccc(Br)o2)no1. The number of furan rings is 1. The topological polar surface area (TPSA) is 89.4 Å². The van der Waals surface area contributed by atoms with Gasteiger partial charge in [-0.25, -0.2) is 0 Å². The molecule has 2 aromatic rings. The Morgan fingerprint density at radius 3 is 2.94 bits per heavy atom. The first kappa shape index (κ1) is 10.9. The van der Waals surface area contributed by atoms with E-state index in [1.54, 1.807) is 12.1 Å². The number of halogens is 1. The van der Waals surface area contributed by atoms with Crippen LogP contribution in [0.15, 0.2) is 25.7 Å². The molecule has 0 saturated heterocycles. The van der Waals surface area contributed by atoms with Crippen molar-refractivity contribution in [3.05, 3.63) is 22.7 Å². The summed E-state index contributed by atoms with van der Waals surface area (Å²) < 4.78 is 10.7. The van der Waals surface area contributed by atoms with Gasteiger partial charge in [0, 0.05) is 6.42 Å². The van der Waals surface area contributed by atoms with Crippen LogP contribution >= 0.6 is 15.9 Å². The summed E-state index contributed by atoms with van der Waals surface area (Å²) in [5.41, 5.74) is 0. The molecule has 2 rings (SSSR count). The summed E-state index contributed by atoms with van der Waals surface area (Å²) in [7, 11) is 0. The quantitative estimate of drug-likeness (QED) is 0.926. The summed E-state index contributed by atoms with van der Waals surface area (Å²) in [6, 6.07) is 3.40. The van der Waals surface area contributed by atoms with E-state index in [1.807, 2.05) is 0 Å². The molecule has 1 N–H and O–H groups in total. The molecule has 0 bridgehead atoms. The van der Waals surface area contributed by atoms with E-state index in [2.05, 4.69) is 26.1 Å². The minimum atomic E-state index is -0.902. The van der Waals surface area contributed by atoms with Gasteiger partial charge in [0.2, 0.25) is 11.7 Å². The van der Waals surface area contributed by atoms with Gasteiger partial charge in [-0.1, -0.05) is 5.16 Å². The number of hydrogen-bond acceptors (Lipinski definition) is 5. The van der Waals surface area contributed by atoms with E-state index in [1.165, 1.54) is 0 Å². The average Bonchev–Trinajstić information content (AvgIpc) is 2.83. The van der Waals surface area contributed by atoms with Crippen LogP contribution in [0.3, 0.4) is 0 Å². The van der Waals surface area contributed by atoms with Crippen LogP contribution in [0.5, 0.6) is 0 Å². The maximum absolute atomic E-state index is 10.3. The molecule has 0 radical (unpaired) electrons. The molecule has 0 spiro atoms. The zero-order chi connectivity index (χ0) is 11.5. The summed E-state index contributed by atoms with van der Waals surface area (Å²) in [5, 5.41) is 12.2. The van der Waals surface area contributed by atoms with E-state index in [0.29, 0.717) is 16.3 Å². The lowest BCUT2D eigenvalue weighted by atomic mass is 10.3. The summed E-state index contributed by atoms with van der Waals surface area (Å²) in [6.07, 6.45) is 0.174. The third-order valence-electron chi connectivity index (χ3n) is 1.81. The van der Waals surface area contributed by atoms with Crippen molar-refractivity contribution in [1.29, 1.82) is 0 Å². The van der Waals surface area contributed by atoms with Crippen LogP contribution in [0.2, 0.25) is 0 Å². The number of nitrogens with zero attached hydrogens (tertiary/aromatic N) is 2. The normalized spacial score (nSPS) is 10.6. The molecular formula is C9H7BrN2O4. The van der Waals surface area contributed by atoms with E-state index in [0.717, 1.165) is 0 Å². The predicted octanol–water partition coefficient (Wildman–Crippen LogP) is 2.11. The van der Waals surface area contributed by atoms with Gasteiger partial charge in [0.1, 0.15) is 0 Å². The first-order chi connectivity index (χ1) is 7.65. The molecule has 7 heteroatoms. The van der Waals surface area contributed by atoms with Crippen LogP contribution in [0.1, 0.15) is 12.3 Å². The molecule has 0 aliphatic carbocycles. The number of rotatable bonds is 4. The summed E-state index contributed by atoms with van der Waals surface area (Å²) in [4.78, 5) is 14.3. The highest BCUT2D eigenvalue weighted by molar-refractivity contribution is 9.10. The van der Waals surface area contributed by atoms with Crippen molar-refractivity contribution in [2.75, 3.05) is 0 Å². The zero-order valence-corrected chi connectivity index (χ0v) is 9.60. The molecule has 0 atom stereocenters. The van der Waals surface area contributed by atoms with E-state index >= 15 is 0 Å². The fourth-order valence-electron chi connectivity index (χ4n) is 1.10. The molecule has 0 aliphatic rings. The van der Waals surface area contributed by atoms with Crippen LogP contribution in [-0.2, 0) is 11.2 Å². The van der Waals surface area contributed by atoms with Crippen LogP contribution in [0.25, 0.3) is 11.6 Å². The molecule has 6 nitrogen and oxygen atoms in total. The molecule has 2 heterocycles. The first-order valence-electron chi connectivity index (χ1n) is 4.45. The van der Waals surface area contributed by atoms with Gasteiger partial charge in [-0.15, -0.1) is 0 Å². The van der Waals surface area contributed by atoms with Crippen molar-refractivity contribution < 1.29 is 18.8 Å². The van der Waals surface area contributed by atoms with Crippen LogP contribution < -0.4 is 0 Å². The van der Waals surface area contributed by atoms with Crippen LogP contribution in [-0.4, -0.2) is 21.2 Å². The second-order valence-electron chi connectivity index (χ2n) is 3.01. The van der Waals surface area contributed by atoms with Gasteiger partial charge in [-0.05, 0) is 28.1 Å². The molecule has 2 aromatic heterocycles. The Kier molecular flexibility index (Phi) is 3.04. The Labute approximate surface area is 98.4 Å². The first-order valence-corrected chi connectivity index (χ1v) is 5.24. The monoisotopic (exact) mass is 286 g/mol. The highest BCUT2D eigenvalue weighted by atomic mass is 79.9. The standard InChI is InChI=1S/C9H7BrN2O4/c10-6-2-1-5(15-6)9-11-7(16-12-9)3-4-8(13)14/h1-2H,3-4H2,(H,13,14). The fraction of sp³-hybridized carbons (Fsp3) is 0.222. The Morgan fingerprint density at radius 2 is 2.31 bits per heavy atom. The molecule has 0 aliphatic heterocycles. The lowest BCUT2D eigenvalue weighted by Gasteiger charge is -1.87. The second-order valence-corrected chi connectivity index (χ2v) is 3.79. The molecule has 84 valence electrons. The van der Waals surface area contributed by atoms with Gasteiger partial charge in [-0.2, -0.15) is 4.98 Å². The van der Waals surface area contributed by atoms with Crippen molar-refractivity contribution in [3.8, 4) is 11.6 Å². The molecule has 0 fully saturated rings. The predicted molar refractivity (Wildman–Crippen MR) is 55.7 cm³/mol. The van der Waals surface area contributed by atoms with Gasteiger partial charge < -0.3 is 14.0 Å². The largest absolute Gasteiger partial charge is 0.481 e. The third-order valence-corrected chi connectivity index (χ3v) is 2.24. The Hall–Kier alpha value is -1.63. The maximum Gasteiger partial charge on any atom is 0.303 e. The average molecular weight is 287 g/mol. The smallest absolute Gasteiger partial charge is 0.303 e. The molecular weight excluding hydrogens is 280 g/mol. The molecule has 0 saturated carbocycles. The van der Waals surface area contributed by atoms with E-state index in [4.69, 9.17) is 14.0 Å². The Balaban J connectivity index is 2.10. The van der Waals surface area contributed by atoms with Gasteiger partial charge >= 0.3 is 5.97 Å². The van der Waals surface area contributed by atoms with Gasteiger partial charge in [0.15, 0.2) is 10.4 Å². The van der Waals surface area contributed by atoms with Gasteiger partial charge in [0.05, 0.1) is 6.42 Å². The van der Waals surface area contributed by atoms with E-state index in [9.17, 15) is 4.79 Å². The van der Waals surface area contributed by atoms with Crippen LogP contribution in [0.4, 0.5) is 0 Å². The number of aryl methyl sites for hydroxylation is 1. The van der Waals surface area contributed by atoms with Crippen molar-refractivity contribution in [2.45, 2.75) is 12.8 Å². The maximum atomic E-state index is 10.3. The minimum Gasteiger partial charge on any atom is -0.481 e. The number of aromatic nitrogens is 2. The minimum absolute atomic E-state index is 0.0382. The van der Waals surface area contributed by atoms with Crippen molar-refractivity contribution in [3.63, 3.8) is 0 Å². The van der Waals surface area contributed by atoms with Crippen molar-refractivity contribution >= 4 is 21.9 Å². The van der Waals surface area contributed by atoms with Crippen molar-refractivity contribution in [1.82, 2.24) is 10.1 Å². The fourth-order valence-corrected chi connectivity index (χ4v) is 1.41. The van der Waals surface area contributed by atoms with Crippen molar-refractivity contribution in [2.24, 2.45) is 0 Å². The highest BCUT2D eigenvalue weighted by Gasteiger charge is 2.12. The Bertz CT molecular complexity index is 505. The van der Waals surface area contributed by atoms with E-state index < -0.39 is 5.97 Å². The lowest BCUT2D eigenvalue weighted by molar-refractivity contribution is -0.137. The summed E-state index contributed by atoms with van der Waals surface area (Å²) in [6.45, 7) is 0. The molecule has 0 unspecified atom stereocenters. The number of carboxylic acids is 1. The summed E-state index contributed by atoms with van der Waals surface area (Å²) in [5.74, 6) is 0.161. The number of hydrogen-bond donors (Lipinski definition) is 1. The second kappa shape index (κ2) is 4.48. The molecule has 0 amide bonds. The van der Waals surface area contributed by atoms with Gasteiger partial charge in [-0.3, -0.25) is 4.79 Å². The Morgan fingerprint density at radius 1 is 1.50 bits per heavy atom. The lowest BCUT2D eigenvalue weighted by Crippen LogP contribution is -1.97. The van der Waals surface area contributed by atoms with Gasteiger partial charge in [0.25, 0.3) is 0 Å². The number of aliphatic carboxylic acids is 1. The molecule has 16 heavy (non-hydrogen) atoms. The third kappa shape index (κ3) is 2.48. The number of carbonyl (C=O) groups is 1. The zero-order valence-electron chi connectivity index (χ0n) is 8.01. The summed E-state index contributed by atoms with van der Waals surface area (Å²) >= 11 is 3.16. The van der Waals surface area contributed by atoms with E-state index in [-0.39, 0.29) is 18.7 Å². The van der Waals surface area contributed by atoms with Crippen LogP contribution in [0, 0.1) is 0 Å². The highest BCUT2D eigenvalue weighted by Crippen LogP contribution is 2.22. The number of carboxylic acid groups (broad SMARTS) is 1. The molecule has 0 aromatic carbocycles.